The summed E-state index contributed by atoms with van der Waals surface area (Å²) in [6, 6.07) is 17.6. The predicted octanol–water partition coefficient (Wildman–Crippen LogP) is 3.66. The van der Waals surface area contributed by atoms with Crippen LogP contribution in [0.25, 0.3) is 0 Å². The fourth-order valence-corrected chi connectivity index (χ4v) is 2.67. The van der Waals surface area contributed by atoms with Gasteiger partial charge in [0.1, 0.15) is 5.75 Å². The number of benzene rings is 2. The van der Waals surface area contributed by atoms with Crippen molar-refractivity contribution >= 4 is 17.7 Å². The molecule has 0 heterocycles. The Bertz CT molecular complexity index is 586. The van der Waals surface area contributed by atoms with Gasteiger partial charge in [-0.05, 0) is 36.8 Å². The van der Waals surface area contributed by atoms with E-state index in [0.29, 0.717) is 5.75 Å². The van der Waals surface area contributed by atoms with E-state index in [1.165, 1.54) is 11.8 Å². The third kappa shape index (κ3) is 4.83. The molecule has 0 bridgehead atoms. The Kier molecular flexibility index (Phi) is 5.69. The number of amides is 1. The fraction of sp³-hybridized carbons (Fsp3) is 0.235. The van der Waals surface area contributed by atoms with Crippen molar-refractivity contribution in [2.45, 2.75) is 17.9 Å². The van der Waals surface area contributed by atoms with Crippen molar-refractivity contribution < 1.29 is 9.53 Å². The zero-order valence-corrected chi connectivity index (χ0v) is 13.0. The van der Waals surface area contributed by atoms with E-state index >= 15 is 0 Å². The van der Waals surface area contributed by atoms with Gasteiger partial charge in [0.25, 0.3) is 0 Å². The maximum atomic E-state index is 12.0. The highest BCUT2D eigenvalue weighted by Gasteiger charge is 2.10. The van der Waals surface area contributed by atoms with E-state index in [4.69, 9.17) is 4.74 Å². The fourth-order valence-electron chi connectivity index (χ4n) is 1.94. The van der Waals surface area contributed by atoms with E-state index < -0.39 is 0 Å². The molecular formula is C17H19NO2S. The summed E-state index contributed by atoms with van der Waals surface area (Å²) in [6.45, 7) is 1.97. The highest BCUT2D eigenvalue weighted by molar-refractivity contribution is 8.00. The Morgan fingerprint density at radius 1 is 1.19 bits per heavy atom. The summed E-state index contributed by atoms with van der Waals surface area (Å²) in [5, 5.41) is 3.00. The molecule has 0 saturated carbocycles. The number of carbonyl (C=O) groups excluding carboxylic acids is 1. The first kappa shape index (κ1) is 15.4. The molecule has 0 saturated heterocycles. The lowest BCUT2D eigenvalue weighted by Crippen LogP contribution is -2.28. The Morgan fingerprint density at radius 3 is 2.67 bits per heavy atom. The molecule has 1 atom stereocenters. The Balaban J connectivity index is 1.87. The molecular weight excluding hydrogens is 282 g/mol. The maximum absolute atomic E-state index is 12.0. The molecule has 0 aromatic heterocycles. The average Bonchev–Trinajstić information content (AvgIpc) is 2.54. The number of hydrogen-bond acceptors (Lipinski definition) is 3. The van der Waals surface area contributed by atoms with Gasteiger partial charge >= 0.3 is 0 Å². The topological polar surface area (TPSA) is 38.3 Å². The van der Waals surface area contributed by atoms with Crippen LogP contribution in [0.15, 0.2) is 59.5 Å². The van der Waals surface area contributed by atoms with Crippen molar-refractivity contribution in [3.8, 4) is 5.75 Å². The minimum atomic E-state index is -0.0380. The van der Waals surface area contributed by atoms with Crippen molar-refractivity contribution in [1.82, 2.24) is 5.32 Å². The molecule has 0 fully saturated rings. The quantitative estimate of drug-likeness (QED) is 0.827. The minimum absolute atomic E-state index is 0.0270. The van der Waals surface area contributed by atoms with Crippen LogP contribution in [-0.2, 0) is 4.79 Å². The predicted molar refractivity (Wildman–Crippen MR) is 86.7 cm³/mol. The standard InChI is InChI=1S/C17H19NO2S/c1-13(14-7-6-8-15(11-14)20-2)18-17(19)12-21-16-9-4-3-5-10-16/h3-11,13H,12H2,1-2H3,(H,18,19)/t13-/m0/s1. The smallest absolute Gasteiger partial charge is 0.230 e. The van der Waals surface area contributed by atoms with Crippen LogP contribution in [0.5, 0.6) is 5.75 Å². The molecule has 2 rings (SSSR count). The van der Waals surface area contributed by atoms with Crippen molar-refractivity contribution in [2.75, 3.05) is 12.9 Å². The van der Waals surface area contributed by atoms with Crippen LogP contribution in [0.1, 0.15) is 18.5 Å². The number of thioether (sulfide) groups is 1. The lowest BCUT2D eigenvalue weighted by atomic mass is 10.1. The van der Waals surface area contributed by atoms with Gasteiger partial charge in [-0.2, -0.15) is 0 Å². The number of ether oxygens (including phenoxy) is 1. The molecule has 0 aliphatic carbocycles. The van der Waals surface area contributed by atoms with Crippen LogP contribution >= 0.6 is 11.8 Å². The van der Waals surface area contributed by atoms with Gasteiger partial charge in [-0.25, -0.2) is 0 Å². The Hall–Kier alpha value is -1.94. The third-order valence-corrected chi connectivity index (χ3v) is 4.10. The van der Waals surface area contributed by atoms with E-state index in [0.717, 1.165) is 16.2 Å². The maximum Gasteiger partial charge on any atom is 0.230 e. The summed E-state index contributed by atoms with van der Waals surface area (Å²) >= 11 is 1.54. The van der Waals surface area contributed by atoms with Crippen LogP contribution in [0.3, 0.4) is 0 Å². The Labute approximate surface area is 129 Å². The molecule has 0 aliphatic heterocycles. The second kappa shape index (κ2) is 7.74. The van der Waals surface area contributed by atoms with E-state index in [1.807, 2.05) is 61.5 Å². The van der Waals surface area contributed by atoms with E-state index in [1.54, 1.807) is 7.11 Å². The van der Waals surface area contributed by atoms with Gasteiger partial charge in [0.05, 0.1) is 18.9 Å². The molecule has 0 aliphatic rings. The first-order chi connectivity index (χ1) is 10.2. The summed E-state index contributed by atoms with van der Waals surface area (Å²) in [4.78, 5) is 13.1. The van der Waals surface area contributed by atoms with Gasteiger partial charge in [0, 0.05) is 4.90 Å². The second-order valence-electron chi connectivity index (χ2n) is 4.67. The summed E-state index contributed by atoms with van der Waals surface area (Å²) < 4.78 is 5.20. The van der Waals surface area contributed by atoms with Crippen LogP contribution in [-0.4, -0.2) is 18.8 Å². The number of methoxy groups -OCH3 is 1. The van der Waals surface area contributed by atoms with Gasteiger partial charge in [0.15, 0.2) is 0 Å². The monoisotopic (exact) mass is 301 g/mol. The highest BCUT2D eigenvalue weighted by atomic mass is 32.2. The molecule has 1 N–H and O–H groups in total. The van der Waals surface area contributed by atoms with Gasteiger partial charge in [-0.3, -0.25) is 4.79 Å². The minimum Gasteiger partial charge on any atom is -0.497 e. The molecule has 0 spiro atoms. The number of nitrogens with one attached hydrogen (secondary N) is 1. The van der Waals surface area contributed by atoms with E-state index in [-0.39, 0.29) is 11.9 Å². The van der Waals surface area contributed by atoms with Crippen LogP contribution in [0.2, 0.25) is 0 Å². The lowest BCUT2D eigenvalue weighted by Gasteiger charge is -2.15. The van der Waals surface area contributed by atoms with E-state index in [9.17, 15) is 4.79 Å². The van der Waals surface area contributed by atoms with Crippen LogP contribution in [0.4, 0.5) is 0 Å². The van der Waals surface area contributed by atoms with Crippen molar-refractivity contribution in [3.63, 3.8) is 0 Å². The zero-order chi connectivity index (χ0) is 15.1. The van der Waals surface area contributed by atoms with Crippen LogP contribution in [0, 0.1) is 0 Å². The molecule has 4 heteroatoms. The third-order valence-electron chi connectivity index (χ3n) is 3.08. The van der Waals surface area contributed by atoms with Gasteiger partial charge in [-0.15, -0.1) is 11.8 Å². The summed E-state index contributed by atoms with van der Waals surface area (Å²) in [5.41, 5.74) is 1.03. The normalized spacial score (nSPS) is 11.7. The average molecular weight is 301 g/mol. The summed E-state index contributed by atoms with van der Waals surface area (Å²) in [7, 11) is 1.64. The molecule has 2 aromatic rings. The van der Waals surface area contributed by atoms with Crippen molar-refractivity contribution in [2.24, 2.45) is 0 Å². The highest BCUT2D eigenvalue weighted by Crippen LogP contribution is 2.20. The molecule has 21 heavy (non-hydrogen) atoms. The second-order valence-corrected chi connectivity index (χ2v) is 5.72. The van der Waals surface area contributed by atoms with Crippen molar-refractivity contribution in [1.29, 1.82) is 0 Å². The largest absolute Gasteiger partial charge is 0.497 e. The number of hydrogen-bond donors (Lipinski definition) is 1. The Morgan fingerprint density at radius 2 is 1.95 bits per heavy atom. The van der Waals surface area contributed by atoms with Crippen molar-refractivity contribution in [3.05, 3.63) is 60.2 Å². The van der Waals surface area contributed by atoms with Gasteiger partial charge in [0.2, 0.25) is 5.91 Å². The molecule has 0 unspecified atom stereocenters. The summed E-state index contributed by atoms with van der Waals surface area (Å²) in [5.74, 6) is 1.24. The molecule has 2 aromatic carbocycles. The number of carbonyl (C=O) groups is 1. The van der Waals surface area contributed by atoms with Gasteiger partial charge in [-0.1, -0.05) is 30.3 Å². The molecule has 1 amide bonds. The SMILES string of the molecule is COc1cccc([C@H](C)NC(=O)CSc2ccccc2)c1. The molecule has 3 nitrogen and oxygen atoms in total. The van der Waals surface area contributed by atoms with Crippen LogP contribution < -0.4 is 10.1 Å². The molecule has 0 radical (unpaired) electrons. The van der Waals surface area contributed by atoms with E-state index in [2.05, 4.69) is 5.32 Å². The summed E-state index contributed by atoms with van der Waals surface area (Å²) in [6.07, 6.45) is 0. The lowest BCUT2D eigenvalue weighted by molar-refractivity contribution is -0.119. The first-order valence-electron chi connectivity index (χ1n) is 6.80. The van der Waals surface area contributed by atoms with Gasteiger partial charge < -0.3 is 10.1 Å². The number of rotatable bonds is 6. The zero-order valence-electron chi connectivity index (χ0n) is 12.2. The first-order valence-corrected chi connectivity index (χ1v) is 7.79. The molecule has 110 valence electrons.